The van der Waals surface area contributed by atoms with Gasteiger partial charge in [-0.05, 0) is 12.1 Å². The molecule has 0 atom stereocenters. The van der Waals surface area contributed by atoms with Crippen LogP contribution in [-0.2, 0) is 14.8 Å². The summed E-state index contributed by atoms with van der Waals surface area (Å²) >= 11 is 0. The number of carbonyl (C=O) groups excluding carboxylic acids is 1. The summed E-state index contributed by atoms with van der Waals surface area (Å²) in [6, 6.07) is 4.97. The topological polar surface area (TPSA) is 75.7 Å². The maximum Gasteiger partial charge on any atom is 0.232 e. The molecule has 0 aromatic heterocycles. The molecule has 1 aliphatic rings. The van der Waals surface area contributed by atoms with E-state index in [-0.39, 0.29) is 12.5 Å². The zero-order valence-electron chi connectivity index (χ0n) is 12.6. The molecule has 0 radical (unpaired) electrons. The normalized spacial score (nSPS) is 15.1. The van der Waals surface area contributed by atoms with Crippen molar-refractivity contribution in [3.8, 4) is 5.75 Å². The number of nitrogens with one attached hydrogen (secondary N) is 1. The number of amides is 1. The Bertz CT molecular complexity index is 662. The van der Waals surface area contributed by atoms with Crippen LogP contribution in [0.4, 0.5) is 11.4 Å². The summed E-state index contributed by atoms with van der Waals surface area (Å²) in [7, 11) is -3.33. The number of carbonyl (C=O) groups is 1. The molecule has 1 aromatic rings. The Morgan fingerprint density at radius 3 is 2.57 bits per heavy atom. The van der Waals surface area contributed by atoms with Crippen molar-refractivity contribution in [1.82, 2.24) is 0 Å². The molecule has 2 rings (SSSR count). The SMILES string of the molecule is CC(C)(C)C(=O)Nc1ccc2c(c1)OCCN2S(C)(=O)=O. The molecule has 1 amide bonds. The van der Waals surface area contributed by atoms with Gasteiger partial charge in [0, 0.05) is 17.2 Å². The summed E-state index contributed by atoms with van der Waals surface area (Å²) in [6.07, 6.45) is 1.16. The predicted molar refractivity (Wildman–Crippen MR) is 82.2 cm³/mol. The van der Waals surface area contributed by atoms with Gasteiger partial charge in [-0.2, -0.15) is 0 Å². The van der Waals surface area contributed by atoms with Crippen molar-refractivity contribution in [2.75, 3.05) is 29.0 Å². The highest BCUT2D eigenvalue weighted by molar-refractivity contribution is 7.92. The van der Waals surface area contributed by atoms with E-state index in [0.717, 1.165) is 6.26 Å². The first kappa shape index (κ1) is 15.6. The Balaban J connectivity index is 2.30. The monoisotopic (exact) mass is 312 g/mol. The maximum absolute atomic E-state index is 12.0. The van der Waals surface area contributed by atoms with Crippen LogP contribution >= 0.6 is 0 Å². The van der Waals surface area contributed by atoms with Gasteiger partial charge in [-0.15, -0.1) is 0 Å². The second-order valence-electron chi connectivity index (χ2n) is 6.07. The van der Waals surface area contributed by atoms with Gasteiger partial charge in [-0.25, -0.2) is 8.42 Å². The van der Waals surface area contributed by atoms with E-state index < -0.39 is 15.4 Å². The Kier molecular flexibility index (Phi) is 3.88. The van der Waals surface area contributed by atoms with Crippen LogP contribution in [0.1, 0.15) is 20.8 Å². The second-order valence-corrected chi connectivity index (χ2v) is 7.98. The maximum atomic E-state index is 12.0. The molecular formula is C14H20N2O4S. The van der Waals surface area contributed by atoms with E-state index in [4.69, 9.17) is 4.74 Å². The van der Waals surface area contributed by atoms with E-state index in [0.29, 0.717) is 23.7 Å². The summed E-state index contributed by atoms with van der Waals surface area (Å²) in [4.78, 5) is 12.0. The van der Waals surface area contributed by atoms with Crippen molar-refractivity contribution in [2.24, 2.45) is 5.41 Å². The molecule has 0 unspecified atom stereocenters. The number of fused-ring (bicyclic) bond motifs is 1. The van der Waals surface area contributed by atoms with Crippen molar-refractivity contribution in [3.05, 3.63) is 18.2 Å². The fourth-order valence-electron chi connectivity index (χ4n) is 1.94. The zero-order chi connectivity index (χ0) is 15.8. The third-order valence-corrected chi connectivity index (χ3v) is 4.30. The molecule has 7 heteroatoms. The van der Waals surface area contributed by atoms with Gasteiger partial charge >= 0.3 is 0 Å². The van der Waals surface area contributed by atoms with Gasteiger partial charge in [-0.3, -0.25) is 9.10 Å². The molecule has 0 aliphatic carbocycles. The number of rotatable bonds is 2. The average molecular weight is 312 g/mol. The molecule has 1 aliphatic heterocycles. The number of sulfonamides is 1. The number of anilines is 2. The first-order valence-electron chi connectivity index (χ1n) is 6.65. The standard InChI is InChI=1S/C14H20N2O4S/c1-14(2,3)13(17)15-10-5-6-11-12(9-10)20-8-7-16(11)21(4,18)19/h5-6,9H,7-8H2,1-4H3,(H,15,17). The number of ether oxygens (including phenoxy) is 1. The minimum atomic E-state index is -3.33. The summed E-state index contributed by atoms with van der Waals surface area (Å²) in [6.45, 7) is 6.05. The molecule has 116 valence electrons. The predicted octanol–water partition coefficient (Wildman–Crippen LogP) is 1.83. The number of hydrogen-bond acceptors (Lipinski definition) is 4. The van der Waals surface area contributed by atoms with Crippen LogP contribution in [0.2, 0.25) is 0 Å². The number of hydrogen-bond donors (Lipinski definition) is 1. The third kappa shape index (κ3) is 3.47. The summed E-state index contributed by atoms with van der Waals surface area (Å²) < 4.78 is 30.3. The molecule has 6 nitrogen and oxygen atoms in total. The lowest BCUT2D eigenvalue weighted by atomic mass is 9.95. The highest BCUT2D eigenvalue weighted by Crippen LogP contribution is 2.35. The van der Waals surface area contributed by atoms with Crippen LogP contribution in [0, 0.1) is 5.41 Å². The zero-order valence-corrected chi connectivity index (χ0v) is 13.5. The summed E-state index contributed by atoms with van der Waals surface area (Å²) in [5.41, 5.74) is 0.580. The minimum absolute atomic E-state index is 0.113. The number of benzene rings is 1. The van der Waals surface area contributed by atoms with Crippen LogP contribution in [0.15, 0.2) is 18.2 Å². The van der Waals surface area contributed by atoms with Crippen LogP contribution in [0.3, 0.4) is 0 Å². The molecule has 1 heterocycles. The van der Waals surface area contributed by atoms with Crippen molar-refractivity contribution in [1.29, 1.82) is 0 Å². The van der Waals surface area contributed by atoms with E-state index in [1.54, 1.807) is 18.2 Å². The van der Waals surface area contributed by atoms with Crippen molar-refractivity contribution in [3.63, 3.8) is 0 Å². The van der Waals surface area contributed by atoms with Gasteiger partial charge < -0.3 is 10.1 Å². The van der Waals surface area contributed by atoms with Gasteiger partial charge in [-0.1, -0.05) is 20.8 Å². The van der Waals surface area contributed by atoms with Crippen molar-refractivity contribution >= 4 is 27.3 Å². The van der Waals surface area contributed by atoms with Gasteiger partial charge in [0.1, 0.15) is 12.4 Å². The first-order chi connectivity index (χ1) is 9.59. The quantitative estimate of drug-likeness (QED) is 0.904. The van der Waals surface area contributed by atoms with Gasteiger partial charge in [0.2, 0.25) is 15.9 Å². The van der Waals surface area contributed by atoms with E-state index in [1.165, 1.54) is 4.31 Å². The van der Waals surface area contributed by atoms with Gasteiger partial charge in [0.05, 0.1) is 18.5 Å². The molecular weight excluding hydrogens is 292 g/mol. The van der Waals surface area contributed by atoms with Crippen LogP contribution in [-0.4, -0.2) is 33.7 Å². The molecule has 0 saturated heterocycles. The lowest BCUT2D eigenvalue weighted by molar-refractivity contribution is -0.123. The molecule has 1 N–H and O–H groups in total. The van der Waals surface area contributed by atoms with Crippen LogP contribution < -0.4 is 14.4 Å². The fourth-order valence-corrected chi connectivity index (χ4v) is 2.85. The highest BCUT2D eigenvalue weighted by Gasteiger charge is 2.26. The Morgan fingerprint density at radius 2 is 2.00 bits per heavy atom. The van der Waals surface area contributed by atoms with Gasteiger partial charge in [0.15, 0.2) is 0 Å². The Labute approximate surface area is 125 Å². The smallest absolute Gasteiger partial charge is 0.232 e. The average Bonchev–Trinajstić information content (AvgIpc) is 2.35. The first-order valence-corrected chi connectivity index (χ1v) is 8.50. The summed E-state index contributed by atoms with van der Waals surface area (Å²) in [5, 5.41) is 2.80. The minimum Gasteiger partial charge on any atom is -0.489 e. The molecule has 1 aromatic carbocycles. The molecule has 21 heavy (non-hydrogen) atoms. The lowest BCUT2D eigenvalue weighted by Crippen LogP contribution is -2.37. The van der Waals surface area contributed by atoms with E-state index >= 15 is 0 Å². The van der Waals surface area contributed by atoms with E-state index in [2.05, 4.69) is 5.32 Å². The second kappa shape index (κ2) is 5.22. The van der Waals surface area contributed by atoms with E-state index in [9.17, 15) is 13.2 Å². The number of nitrogens with zero attached hydrogens (tertiary/aromatic N) is 1. The molecule has 0 bridgehead atoms. The highest BCUT2D eigenvalue weighted by atomic mass is 32.2. The Morgan fingerprint density at radius 1 is 1.33 bits per heavy atom. The van der Waals surface area contributed by atoms with E-state index in [1.807, 2.05) is 20.8 Å². The van der Waals surface area contributed by atoms with Gasteiger partial charge in [0.25, 0.3) is 0 Å². The van der Waals surface area contributed by atoms with Crippen molar-refractivity contribution in [2.45, 2.75) is 20.8 Å². The molecule has 0 fully saturated rings. The molecule has 0 spiro atoms. The molecule has 0 saturated carbocycles. The van der Waals surface area contributed by atoms with Crippen LogP contribution in [0.5, 0.6) is 5.75 Å². The lowest BCUT2D eigenvalue weighted by Gasteiger charge is -2.29. The van der Waals surface area contributed by atoms with Crippen LogP contribution in [0.25, 0.3) is 0 Å². The fraction of sp³-hybridized carbons (Fsp3) is 0.500. The van der Waals surface area contributed by atoms with Crippen molar-refractivity contribution < 1.29 is 17.9 Å². The Hall–Kier alpha value is -1.76. The third-order valence-electron chi connectivity index (χ3n) is 3.12. The largest absolute Gasteiger partial charge is 0.489 e. The summed E-state index contributed by atoms with van der Waals surface area (Å²) in [5.74, 6) is 0.344.